The molecule has 6 nitrogen and oxygen atoms in total. The van der Waals surface area contributed by atoms with E-state index < -0.39 is 5.82 Å². The number of aryl methyl sites for hydroxylation is 1. The minimum atomic E-state index is -0.463. The second kappa shape index (κ2) is 9.00. The van der Waals surface area contributed by atoms with E-state index in [9.17, 15) is 14.3 Å². The summed E-state index contributed by atoms with van der Waals surface area (Å²) < 4.78 is 17.6. The van der Waals surface area contributed by atoms with Crippen LogP contribution in [0.1, 0.15) is 0 Å². The van der Waals surface area contributed by atoms with E-state index >= 15 is 0 Å². The van der Waals surface area contributed by atoms with Crippen molar-refractivity contribution in [1.82, 2.24) is 14.5 Å². The summed E-state index contributed by atoms with van der Waals surface area (Å²) in [6.45, 7) is 3.59. The maximum absolute atomic E-state index is 14.7. The zero-order chi connectivity index (χ0) is 23.8. The SMILES string of the molecule is Cn1ccn(-c2ccc(-c3cc(F)cc(-c4cccc(N5CCNCC5)c4)c3O)cc2Cl)c1=O. The first kappa shape index (κ1) is 22.3. The number of piperazine rings is 1. The van der Waals surface area contributed by atoms with E-state index in [1.165, 1.54) is 21.3 Å². The van der Waals surface area contributed by atoms with Crippen molar-refractivity contribution in [1.29, 1.82) is 0 Å². The fourth-order valence-corrected chi connectivity index (χ4v) is 4.62. The van der Waals surface area contributed by atoms with E-state index in [4.69, 9.17) is 11.6 Å². The van der Waals surface area contributed by atoms with Crippen LogP contribution in [-0.2, 0) is 7.05 Å². The van der Waals surface area contributed by atoms with Crippen LogP contribution in [0.15, 0.2) is 71.8 Å². The molecule has 0 atom stereocenters. The van der Waals surface area contributed by atoms with Crippen LogP contribution in [0, 0.1) is 5.82 Å². The molecule has 8 heteroatoms. The van der Waals surface area contributed by atoms with E-state index in [2.05, 4.69) is 10.2 Å². The van der Waals surface area contributed by atoms with Gasteiger partial charge in [-0.25, -0.2) is 9.18 Å². The molecular formula is C26H24ClFN4O2. The Morgan fingerprint density at radius 2 is 1.68 bits per heavy atom. The lowest BCUT2D eigenvalue weighted by Gasteiger charge is -2.29. The predicted octanol–water partition coefficient (Wildman–Crippen LogP) is 4.42. The average molecular weight is 479 g/mol. The van der Waals surface area contributed by atoms with Crippen molar-refractivity contribution in [3.8, 4) is 33.7 Å². The topological polar surface area (TPSA) is 62.4 Å². The number of hydrogen-bond acceptors (Lipinski definition) is 4. The number of nitrogens with one attached hydrogen (secondary N) is 1. The molecule has 3 aromatic carbocycles. The highest BCUT2D eigenvalue weighted by atomic mass is 35.5. The maximum Gasteiger partial charge on any atom is 0.332 e. The molecule has 2 N–H and O–H groups in total. The van der Waals surface area contributed by atoms with Crippen LogP contribution < -0.4 is 15.9 Å². The highest BCUT2D eigenvalue weighted by Gasteiger charge is 2.17. The normalized spacial score (nSPS) is 13.9. The zero-order valence-electron chi connectivity index (χ0n) is 18.6. The van der Waals surface area contributed by atoms with Crippen molar-refractivity contribution in [3.05, 3.63) is 88.3 Å². The monoisotopic (exact) mass is 478 g/mol. The second-order valence-electron chi connectivity index (χ2n) is 8.36. The van der Waals surface area contributed by atoms with Gasteiger partial charge in [-0.3, -0.25) is 4.57 Å². The molecule has 2 heterocycles. The summed E-state index contributed by atoms with van der Waals surface area (Å²) in [7, 11) is 1.66. The number of hydrogen-bond donors (Lipinski definition) is 2. The van der Waals surface area contributed by atoms with Crippen LogP contribution in [0.3, 0.4) is 0 Å². The number of anilines is 1. The molecule has 1 fully saturated rings. The molecule has 0 aliphatic carbocycles. The van der Waals surface area contributed by atoms with Crippen molar-refractivity contribution in [2.75, 3.05) is 31.1 Å². The summed E-state index contributed by atoms with van der Waals surface area (Å²) in [4.78, 5) is 14.6. The van der Waals surface area contributed by atoms with Crippen LogP contribution in [-0.4, -0.2) is 40.4 Å². The van der Waals surface area contributed by atoms with Gasteiger partial charge in [0.15, 0.2) is 0 Å². The lowest BCUT2D eigenvalue weighted by atomic mass is 9.96. The summed E-state index contributed by atoms with van der Waals surface area (Å²) in [5.41, 5.74) is 3.33. The Bertz CT molecular complexity index is 1420. The lowest BCUT2D eigenvalue weighted by molar-refractivity contribution is 0.477. The number of halogens is 2. The minimum absolute atomic E-state index is 0.0282. The van der Waals surface area contributed by atoms with E-state index in [1.54, 1.807) is 37.6 Å². The molecule has 0 bridgehead atoms. The average Bonchev–Trinajstić information content (AvgIpc) is 3.18. The second-order valence-corrected chi connectivity index (χ2v) is 8.77. The Kier molecular flexibility index (Phi) is 5.89. The number of imidazole rings is 1. The molecule has 5 rings (SSSR count). The van der Waals surface area contributed by atoms with Crippen LogP contribution in [0.2, 0.25) is 5.02 Å². The quantitative estimate of drug-likeness (QED) is 0.456. The first-order valence-electron chi connectivity index (χ1n) is 11.1. The summed E-state index contributed by atoms with van der Waals surface area (Å²) in [6.07, 6.45) is 3.28. The van der Waals surface area contributed by atoms with E-state index in [0.717, 1.165) is 37.4 Å². The molecule has 4 aromatic rings. The van der Waals surface area contributed by atoms with Crippen molar-refractivity contribution in [3.63, 3.8) is 0 Å². The molecule has 0 saturated carbocycles. The fraction of sp³-hybridized carbons (Fsp3) is 0.192. The number of phenolic OH excluding ortho intramolecular Hbond substituents is 1. The third-order valence-electron chi connectivity index (χ3n) is 6.18. The molecule has 0 amide bonds. The highest BCUT2D eigenvalue weighted by Crippen LogP contribution is 2.41. The largest absolute Gasteiger partial charge is 0.507 e. The number of aromatic hydroxyl groups is 1. The summed E-state index contributed by atoms with van der Waals surface area (Å²) in [5, 5.41) is 14.8. The molecule has 0 radical (unpaired) electrons. The van der Waals surface area contributed by atoms with Gasteiger partial charge in [-0.2, -0.15) is 0 Å². The fourth-order valence-electron chi connectivity index (χ4n) is 4.35. The summed E-state index contributed by atoms with van der Waals surface area (Å²) >= 11 is 6.50. The van der Waals surface area contributed by atoms with E-state index in [0.29, 0.717) is 27.4 Å². The maximum atomic E-state index is 14.7. The van der Waals surface area contributed by atoms with Gasteiger partial charge >= 0.3 is 5.69 Å². The van der Waals surface area contributed by atoms with Crippen molar-refractivity contribution in [2.45, 2.75) is 0 Å². The van der Waals surface area contributed by atoms with Gasteiger partial charge in [-0.1, -0.05) is 29.8 Å². The van der Waals surface area contributed by atoms with Gasteiger partial charge in [0.2, 0.25) is 0 Å². The van der Waals surface area contributed by atoms with Crippen LogP contribution in [0.5, 0.6) is 5.75 Å². The van der Waals surface area contributed by atoms with E-state index in [1.807, 2.05) is 24.3 Å². The molecule has 1 aliphatic heterocycles. The Hall–Kier alpha value is -3.55. The molecule has 0 unspecified atom stereocenters. The minimum Gasteiger partial charge on any atom is -0.507 e. The number of benzene rings is 3. The number of rotatable bonds is 4. The molecule has 0 spiro atoms. The molecule has 1 saturated heterocycles. The molecule has 1 aromatic heterocycles. The van der Waals surface area contributed by atoms with E-state index in [-0.39, 0.29) is 11.4 Å². The summed E-state index contributed by atoms with van der Waals surface area (Å²) in [5.74, 6) is -0.491. The predicted molar refractivity (Wildman–Crippen MR) is 134 cm³/mol. The van der Waals surface area contributed by atoms with Gasteiger partial charge < -0.3 is 19.9 Å². The third-order valence-corrected chi connectivity index (χ3v) is 6.48. The van der Waals surface area contributed by atoms with Crippen molar-refractivity contribution in [2.24, 2.45) is 7.05 Å². The molecule has 34 heavy (non-hydrogen) atoms. The van der Waals surface area contributed by atoms with Crippen molar-refractivity contribution >= 4 is 17.3 Å². The van der Waals surface area contributed by atoms with Crippen molar-refractivity contribution < 1.29 is 9.50 Å². The van der Waals surface area contributed by atoms with Gasteiger partial charge in [0, 0.05) is 62.4 Å². The van der Waals surface area contributed by atoms with Gasteiger partial charge in [0.1, 0.15) is 11.6 Å². The lowest BCUT2D eigenvalue weighted by Crippen LogP contribution is -2.43. The molecule has 1 aliphatic rings. The number of phenols is 1. The zero-order valence-corrected chi connectivity index (χ0v) is 19.4. The smallest absolute Gasteiger partial charge is 0.332 e. The Labute approximate surface area is 201 Å². The van der Waals surface area contributed by atoms with Gasteiger partial charge in [0.05, 0.1) is 10.7 Å². The first-order chi connectivity index (χ1) is 16.4. The Morgan fingerprint density at radius 1 is 0.971 bits per heavy atom. The van der Waals surface area contributed by atoms with Gasteiger partial charge in [0.25, 0.3) is 0 Å². The Morgan fingerprint density at radius 3 is 2.32 bits per heavy atom. The Balaban J connectivity index is 1.55. The highest BCUT2D eigenvalue weighted by molar-refractivity contribution is 6.32. The van der Waals surface area contributed by atoms with Crippen LogP contribution in [0.25, 0.3) is 27.9 Å². The molecular weight excluding hydrogens is 455 g/mol. The van der Waals surface area contributed by atoms with Gasteiger partial charge in [-0.05, 0) is 47.5 Å². The first-order valence-corrected chi connectivity index (χ1v) is 11.4. The standard InChI is InChI=1S/C26H24ClFN4O2/c1-30-11-12-32(26(30)34)24-6-5-18(14-23(24)27)22-16-19(28)15-21(25(22)33)17-3-2-4-20(13-17)31-9-7-29-8-10-31/h2-6,11-16,29,33H,7-10H2,1H3. The van der Waals surface area contributed by atoms with Crippen LogP contribution in [0.4, 0.5) is 10.1 Å². The third kappa shape index (κ3) is 4.08. The van der Waals surface area contributed by atoms with Gasteiger partial charge in [-0.15, -0.1) is 0 Å². The van der Waals surface area contributed by atoms with Crippen LogP contribution >= 0.6 is 11.6 Å². The summed E-state index contributed by atoms with van der Waals surface area (Å²) in [6, 6.07) is 15.4. The molecule has 174 valence electrons. The number of nitrogens with zero attached hydrogens (tertiary/aromatic N) is 3. The number of aromatic nitrogens is 2.